The molecule has 0 aromatic heterocycles. The number of ether oxygens (including phenoxy) is 5. The average molecular weight is 905 g/mol. The quantitative estimate of drug-likeness (QED) is 0.0379. The molecule has 0 unspecified atom stereocenters. The van der Waals surface area contributed by atoms with E-state index in [0.717, 1.165) is 67.4 Å². The molecule has 3 aliphatic rings. The van der Waals surface area contributed by atoms with Crippen LogP contribution in [0, 0.1) is 31.6 Å². The van der Waals surface area contributed by atoms with E-state index < -0.39 is 23.8 Å². The van der Waals surface area contributed by atoms with Crippen LogP contribution in [-0.2, 0) is 19.0 Å². The Balaban J connectivity index is 1.58. The molecule has 1 amide bonds. The van der Waals surface area contributed by atoms with E-state index in [2.05, 4.69) is 45.6 Å². The van der Waals surface area contributed by atoms with Crippen LogP contribution in [0.1, 0.15) is 139 Å². The predicted molar refractivity (Wildman–Crippen MR) is 256 cm³/mol. The Labute approximate surface area is 389 Å². The van der Waals surface area contributed by atoms with Crippen LogP contribution in [0.3, 0.4) is 0 Å². The van der Waals surface area contributed by atoms with Gasteiger partial charge in [0.25, 0.3) is 0 Å². The maximum atomic E-state index is 14.6. The number of hydrogen-bond donors (Lipinski definition) is 3. The number of carbonyl (C=O) groups excluding carboxylic acids is 1. The lowest BCUT2D eigenvalue weighted by molar-refractivity contribution is -0.256. The SMILES string of the molecule is C=CCO[C@@]12Oc3ccc(Oc4ccc(C)c(C)c4)cc3[C@H]3[C@H](CCCCO)[C@@H](CCCCO)C=C(C(=NOC)C[C@@H]1N(CCOCCO)C(=O)OCCCCCCCCCCCC)[C@H]32. The molecule has 1 heterocycles. The van der Waals surface area contributed by atoms with E-state index in [1.165, 1.54) is 50.5 Å². The minimum absolute atomic E-state index is 0.0624. The Hall–Kier alpha value is -3.94. The van der Waals surface area contributed by atoms with Crippen LogP contribution in [0.25, 0.3) is 0 Å². The van der Waals surface area contributed by atoms with Crippen molar-refractivity contribution in [2.75, 3.05) is 59.9 Å². The number of fused-ring (bicyclic) bond motifs is 2. The molecule has 12 heteroatoms. The largest absolute Gasteiger partial charge is 0.459 e. The number of rotatable bonds is 31. The average Bonchev–Trinajstić information content (AvgIpc) is 3.30. The van der Waals surface area contributed by atoms with Gasteiger partial charge < -0.3 is 43.8 Å². The second-order valence-corrected chi connectivity index (χ2v) is 18.1. The fourth-order valence-corrected chi connectivity index (χ4v) is 10.3. The lowest BCUT2D eigenvalue weighted by atomic mass is 9.55. The maximum absolute atomic E-state index is 14.6. The van der Waals surface area contributed by atoms with Gasteiger partial charge in [-0.05, 0) is 105 Å². The molecule has 3 N–H and O–H groups in total. The highest BCUT2D eigenvalue weighted by Gasteiger charge is 2.65. The summed E-state index contributed by atoms with van der Waals surface area (Å²) < 4.78 is 32.9. The third-order valence-electron chi connectivity index (χ3n) is 13.6. The van der Waals surface area contributed by atoms with Crippen LogP contribution in [0.2, 0.25) is 0 Å². The first kappa shape index (κ1) is 52.0. The number of aliphatic hydroxyl groups excluding tert-OH is 3. The second kappa shape index (κ2) is 27.6. The fraction of sp³-hybridized carbons (Fsp3) is 0.660. The molecule has 0 saturated heterocycles. The normalized spacial score (nSPS) is 22.7. The summed E-state index contributed by atoms with van der Waals surface area (Å²) in [5.41, 5.74) is 4.94. The van der Waals surface area contributed by atoms with E-state index in [0.29, 0.717) is 30.1 Å². The van der Waals surface area contributed by atoms with Gasteiger partial charge in [-0.1, -0.05) is 101 Å². The zero-order valence-corrected chi connectivity index (χ0v) is 40.0. The molecular formula is C53H80N2O10. The van der Waals surface area contributed by atoms with Gasteiger partial charge in [-0.15, -0.1) is 6.58 Å². The van der Waals surface area contributed by atoms with Gasteiger partial charge in [-0.3, -0.25) is 4.90 Å². The lowest BCUT2D eigenvalue weighted by Crippen LogP contribution is -2.70. The summed E-state index contributed by atoms with van der Waals surface area (Å²) in [5, 5.41) is 34.2. The first-order valence-corrected chi connectivity index (χ1v) is 24.7. The number of carbonyl (C=O) groups is 1. The highest BCUT2D eigenvalue weighted by molar-refractivity contribution is 6.03. The number of hydrogen-bond acceptors (Lipinski definition) is 11. The molecule has 12 nitrogen and oxygen atoms in total. The van der Waals surface area contributed by atoms with Crippen molar-refractivity contribution < 1.29 is 48.6 Å². The Kier molecular flexibility index (Phi) is 22.1. The molecule has 0 spiro atoms. The molecule has 1 aliphatic heterocycles. The van der Waals surface area contributed by atoms with E-state index in [1.54, 1.807) is 18.1 Å². The van der Waals surface area contributed by atoms with Crippen molar-refractivity contribution in [2.24, 2.45) is 22.9 Å². The Morgan fingerprint density at radius 1 is 0.846 bits per heavy atom. The van der Waals surface area contributed by atoms with Crippen LogP contribution < -0.4 is 9.47 Å². The van der Waals surface area contributed by atoms with Gasteiger partial charge >= 0.3 is 6.09 Å². The predicted octanol–water partition coefficient (Wildman–Crippen LogP) is 10.7. The molecule has 5 rings (SSSR count). The van der Waals surface area contributed by atoms with Crippen LogP contribution in [0.5, 0.6) is 17.2 Å². The highest BCUT2D eigenvalue weighted by atomic mass is 16.7. The lowest BCUT2D eigenvalue weighted by Gasteiger charge is -2.59. The number of nitrogens with zero attached hydrogens (tertiary/aromatic N) is 2. The van der Waals surface area contributed by atoms with Crippen molar-refractivity contribution >= 4 is 11.8 Å². The summed E-state index contributed by atoms with van der Waals surface area (Å²) in [6.07, 6.45) is 20.1. The molecule has 362 valence electrons. The molecule has 2 aromatic rings. The summed E-state index contributed by atoms with van der Waals surface area (Å²) in [6.45, 7) is 11.4. The minimum Gasteiger partial charge on any atom is -0.459 e. The van der Waals surface area contributed by atoms with E-state index in [-0.39, 0.29) is 77.0 Å². The smallest absolute Gasteiger partial charge is 0.410 e. The Morgan fingerprint density at radius 3 is 2.22 bits per heavy atom. The van der Waals surface area contributed by atoms with Gasteiger partial charge in [0.05, 0.1) is 44.7 Å². The molecule has 65 heavy (non-hydrogen) atoms. The summed E-state index contributed by atoms with van der Waals surface area (Å²) in [6, 6.07) is 11.3. The van der Waals surface area contributed by atoms with Crippen LogP contribution in [0.4, 0.5) is 4.79 Å². The molecule has 6 atom stereocenters. The number of benzene rings is 2. The standard InChI is InChI=1S/C53H80N2O10/c1-6-8-9-10-11-12-13-14-15-20-32-62-52(59)55(27-33-61-34-30-58)49-38-47(54-60-5)45-36-41(21-16-18-28-56)44(22-17-19-29-57)50-46-37-43(64-42-24-23-39(3)40(4)35-42)25-26-48(46)65-53(49,51(45)50)63-31-7-2/h7,23-26,35-37,41,44,49-51,56-58H,2,6,8-22,27-34,38H2,1,3-5H3/t41-,44+,49-,50+,51+,53+/m0/s1. The van der Waals surface area contributed by atoms with Gasteiger partial charge in [0, 0.05) is 37.7 Å². The van der Waals surface area contributed by atoms with E-state index in [4.69, 9.17) is 33.7 Å². The second-order valence-electron chi connectivity index (χ2n) is 18.1. The van der Waals surface area contributed by atoms with Gasteiger partial charge in [0.15, 0.2) is 0 Å². The third-order valence-corrected chi connectivity index (χ3v) is 13.6. The van der Waals surface area contributed by atoms with Crippen LogP contribution in [-0.4, -0.2) is 104 Å². The molecule has 0 radical (unpaired) electrons. The summed E-state index contributed by atoms with van der Waals surface area (Å²) in [5.74, 6) is 0.101. The number of amides is 1. The van der Waals surface area contributed by atoms with Crippen molar-refractivity contribution in [1.82, 2.24) is 4.90 Å². The number of unbranched alkanes of at least 4 members (excludes halogenated alkanes) is 11. The molecular weight excluding hydrogens is 825 g/mol. The van der Waals surface area contributed by atoms with Gasteiger partial charge in [-0.2, -0.15) is 0 Å². The zero-order valence-electron chi connectivity index (χ0n) is 40.0. The minimum atomic E-state index is -1.43. The first-order chi connectivity index (χ1) is 31.8. The van der Waals surface area contributed by atoms with Crippen molar-refractivity contribution in [3.05, 3.63) is 77.4 Å². The third kappa shape index (κ3) is 14.0. The number of aryl methyl sites for hydroxylation is 2. The highest BCUT2D eigenvalue weighted by Crippen LogP contribution is 2.62. The topological polar surface area (TPSA) is 149 Å². The molecule has 1 fully saturated rings. The molecule has 0 bridgehead atoms. The summed E-state index contributed by atoms with van der Waals surface area (Å²) >= 11 is 0. The van der Waals surface area contributed by atoms with Crippen molar-refractivity contribution in [2.45, 2.75) is 148 Å². The maximum Gasteiger partial charge on any atom is 0.410 e. The van der Waals surface area contributed by atoms with E-state index in [1.807, 2.05) is 24.3 Å². The molecule has 1 saturated carbocycles. The monoisotopic (exact) mass is 905 g/mol. The number of aliphatic hydroxyl groups is 3. The van der Waals surface area contributed by atoms with Crippen molar-refractivity contribution in [1.29, 1.82) is 0 Å². The fourth-order valence-electron chi connectivity index (χ4n) is 10.3. The first-order valence-electron chi connectivity index (χ1n) is 24.7. The van der Waals surface area contributed by atoms with E-state index >= 15 is 0 Å². The van der Waals surface area contributed by atoms with Crippen molar-refractivity contribution in [3.8, 4) is 17.2 Å². The van der Waals surface area contributed by atoms with Crippen LogP contribution in [0.15, 0.2) is 65.9 Å². The number of oxime groups is 1. The zero-order chi connectivity index (χ0) is 46.4. The summed E-state index contributed by atoms with van der Waals surface area (Å²) in [4.78, 5) is 21.9. The van der Waals surface area contributed by atoms with Gasteiger partial charge in [0.1, 0.15) is 30.4 Å². The Morgan fingerprint density at radius 2 is 1.54 bits per heavy atom. The van der Waals surface area contributed by atoms with Crippen LogP contribution >= 0.6 is 0 Å². The number of allylic oxidation sites excluding steroid dienone is 1. The van der Waals surface area contributed by atoms with Gasteiger partial charge in [-0.25, -0.2) is 4.79 Å². The molecule has 2 aliphatic carbocycles. The van der Waals surface area contributed by atoms with Crippen molar-refractivity contribution in [3.63, 3.8) is 0 Å². The summed E-state index contributed by atoms with van der Waals surface area (Å²) in [7, 11) is 1.54. The van der Waals surface area contributed by atoms with E-state index in [9.17, 15) is 20.1 Å². The van der Waals surface area contributed by atoms with Gasteiger partial charge in [0.2, 0.25) is 5.79 Å². The molecule has 2 aromatic carbocycles. The Bertz CT molecular complexity index is 1820.